The molecule has 2 aromatic rings. The Bertz CT molecular complexity index is 507. The van der Waals surface area contributed by atoms with Crippen LogP contribution >= 0.6 is 11.3 Å². The van der Waals surface area contributed by atoms with Gasteiger partial charge in [0.15, 0.2) is 0 Å². The molecule has 0 saturated carbocycles. The zero-order valence-electron chi connectivity index (χ0n) is 11.3. The van der Waals surface area contributed by atoms with Crippen LogP contribution in [0.4, 0.5) is 0 Å². The lowest BCUT2D eigenvalue weighted by Gasteiger charge is -2.13. The van der Waals surface area contributed by atoms with Crippen molar-refractivity contribution in [1.29, 1.82) is 0 Å². The van der Waals surface area contributed by atoms with Crippen LogP contribution in [0.2, 0.25) is 0 Å². The largest absolute Gasteiger partial charge is 0.496 e. The van der Waals surface area contributed by atoms with E-state index in [1.54, 1.807) is 25.6 Å². The molecule has 0 radical (unpaired) electrons. The second-order valence-electron chi connectivity index (χ2n) is 4.32. The van der Waals surface area contributed by atoms with Crippen LogP contribution in [0.3, 0.4) is 0 Å². The SMILES string of the molecule is COCCc1ccc(C(N)c2sccc2OC)cc1. The van der Waals surface area contributed by atoms with Gasteiger partial charge >= 0.3 is 0 Å². The van der Waals surface area contributed by atoms with Gasteiger partial charge in [-0.1, -0.05) is 24.3 Å². The zero-order chi connectivity index (χ0) is 13.7. The van der Waals surface area contributed by atoms with Crippen molar-refractivity contribution in [2.24, 2.45) is 5.73 Å². The minimum absolute atomic E-state index is 0.133. The predicted octanol–water partition coefficient (Wildman–Crippen LogP) is 2.99. The lowest BCUT2D eigenvalue weighted by Crippen LogP contribution is -2.11. The number of ether oxygens (including phenoxy) is 2. The molecule has 2 rings (SSSR count). The molecule has 1 atom stereocenters. The van der Waals surface area contributed by atoms with E-state index in [9.17, 15) is 0 Å². The third-order valence-electron chi connectivity index (χ3n) is 3.09. The number of methoxy groups -OCH3 is 2. The summed E-state index contributed by atoms with van der Waals surface area (Å²) in [5.74, 6) is 0.862. The average molecular weight is 277 g/mol. The molecule has 0 amide bonds. The third kappa shape index (κ3) is 3.35. The van der Waals surface area contributed by atoms with Crippen LogP contribution in [0.25, 0.3) is 0 Å². The van der Waals surface area contributed by atoms with Crippen LogP contribution in [-0.4, -0.2) is 20.8 Å². The molecule has 102 valence electrons. The zero-order valence-corrected chi connectivity index (χ0v) is 12.1. The van der Waals surface area contributed by atoms with Gasteiger partial charge in [-0.05, 0) is 29.0 Å². The number of nitrogens with two attached hydrogens (primary N) is 1. The Morgan fingerprint density at radius 3 is 2.53 bits per heavy atom. The highest BCUT2D eigenvalue weighted by molar-refractivity contribution is 7.10. The van der Waals surface area contributed by atoms with Gasteiger partial charge in [-0.3, -0.25) is 0 Å². The van der Waals surface area contributed by atoms with Crippen molar-refractivity contribution >= 4 is 11.3 Å². The molecule has 0 saturated heterocycles. The summed E-state index contributed by atoms with van der Waals surface area (Å²) in [4.78, 5) is 1.06. The molecule has 1 aromatic heterocycles. The summed E-state index contributed by atoms with van der Waals surface area (Å²) in [5, 5.41) is 2.00. The van der Waals surface area contributed by atoms with Crippen LogP contribution in [0.1, 0.15) is 22.0 Å². The van der Waals surface area contributed by atoms with Gasteiger partial charge in [0.05, 0.1) is 24.6 Å². The second-order valence-corrected chi connectivity index (χ2v) is 5.26. The minimum Gasteiger partial charge on any atom is -0.496 e. The highest BCUT2D eigenvalue weighted by atomic mass is 32.1. The molecule has 0 bridgehead atoms. The van der Waals surface area contributed by atoms with Crippen LogP contribution < -0.4 is 10.5 Å². The number of hydrogen-bond donors (Lipinski definition) is 1. The monoisotopic (exact) mass is 277 g/mol. The first-order valence-electron chi connectivity index (χ1n) is 6.21. The standard InChI is InChI=1S/C15H19NO2S/c1-17-9-7-11-3-5-12(6-4-11)14(16)15-13(18-2)8-10-19-15/h3-6,8,10,14H,7,9,16H2,1-2H3. The third-order valence-corrected chi connectivity index (χ3v) is 4.07. The lowest BCUT2D eigenvalue weighted by atomic mass is 10.0. The smallest absolute Gasteiger partial charge is 0.134 e. The van der Waals surface area contributed by atoms with Gasteiger partial charge in [-0.2, -0.15) is 0 Å². The summed E-state index contributed by atoms with van der Waals surface area (Å²) < 4.78 is 10.4. The predicted molar refractivity (Wildman–Crippen MR) is 78.9 cm³/mol. The van der Waals surface area contributed by atoms with Crippen molar-refractivity contribution in [3.63, 3.8) is 0 Å². The Morgan fingerprint density at radius 2 is 1.89 bits per heavy atom. The van der Waals surface area contributed by atoms with Crippen molar-refractivity contribution in [1.82, 2.24) is 0 Å². The van der Waals surface area contributed by atoms with E-state index in [-0.39, 0.29) is 6.04 Å². The molecule has 0 aliphatic rings. The number of rotatable bonds is 6. The van der Waals surface area contributed by atoms with E-state index < -0.39 is 0 Å². The molecular formula is C15H19NO2S. The van der Waals surface area contributed by atoms with Crippen molar-refractivity contribution in [3.05, 3.63) is 51.7 Å². The fourth-order valence-corrected chi connectivity index (χ4v) is 2.86. The fraction of sp³-hybridized carbons (Fsp3) is 0.333. The highest BCUT2D eigenvalue weighted by Gasteiger charge is 2.15. The van der Waals surface area contributed by atoms with Gasteiger partial charge in [0.1, 0.15) is 5.75 Å². The fourth-order valence-electron chi connectivity index (χ4n) is 1.97. The first kappa shape index (κ1) is 14.1. The summed E-state index contributed by atoms with van der Waals surface area (Å²) in [6.45, 7) is 0.740. The Labute approximate surface area is 118 Å². The molecule has 0 aliphatic carbocycles. The van der Waals surface area contributed by atoms with Crippen LogP contribution in [0.5, 0.6) is 5.75 Å². The summed E-state index contributed by atoms with van der Waals surface area (Å²) in [6, 6.07) is 10.2. The van der Waals surface area contributed by atoms with Gasteiger partial charge in [-0.25, -0.2) is 0 Å². The number of thiophene rings is 1. The summed E-state index contributed by atoms with van der Waals surface area (Å²) >= 11 is 1.63. The second kappa shape index (κ2) is 6.70. The van der Waals surface area contributed by atoms with E-state index >= 15 is 0 Å². The van der Waals surface area contributed by atoms with Crippen LogP contribution in [-0.2, 0) is 11.2 Å². The van der Waals surface area contributed by atoms with E-state index in [1.807, 2.05) is 11.4 Å². The Hall–Kier alpha value is -1.36. The molecule has 0 spiro atoms. The number of benzene rings is 1. The van der Waals surface area contributed by atoms with Crippen molar-refractivity contribution < 1.29 is 9.47 Å². The maximum Gasteiger partial charge on any atom is 0.134 e. The van der Waals surface area contributed by atoms with E-state index in [0.717, 1.165) is 29.2 Å². The van der Waals surface area contributed by atoms with E-state index in [4.69, 9.17) is 15.2 Å². The Kier molecular flexibility index (Phi) is 4.96. The molecule has 2 N–H and O–H groups in total. The molecule has 1 aromatic carbocycles. The molecule has 3 nitrogen and oxygen atoms in total. The quantitative estimate of drug-likeness (QED) is 0.883. The molecular weight excluding hydrogens is 258 g/mol. The van der Waals surface area contributed by atoms with Crippen LogP contribution in [0.15, 0.2) is 35.7 Å². The van der Waals surface area contributed by atoms with Crippen LogP contribution in [0, 0.1) is 0 Å². The summed E-state index contributed by atoms with van der Waals surface area (Å²) in [7, 11) is 3.39. The van der Waals surface area contributed by atoms with Crippen molar-refractivity contribution in [2.75, 3.05) is 20.8 Å². The molecule has 1 unspecified atom stereocenters. The highest BCUT2D eigenvalue weighted by Crippen LogP contribution is 2.33. The van der Waals surface area contributed by atoms with Gasteiger partial charge < -0.3 is 15.2 Å². The molecule has 19 heavy (non-hydrogen) atoms. The average Bonchev–Trinajstić information content (AvgIpc) is 2.93. The van der Waals surface area contributed by atoms with Crippen molar-refractivity contribution in [3.8, 4) is 5.75 Å². The normalized spacial score (nSPS) is 12.4. The topological polar surface area (TPSA) is 44.5 Å². The van der Waals surface area contributed by atoms with Gasteiger partial charge in [0.25, 0.3) is 0 Å². The Morgan fingerprint density at radius 1 is 1.16 bits per heavy atom. The maximum atomic E-state index is 6.29. The van der Waals surface area contributed by atoms with Crippen molar-refractivity contribution in [2.45, 2.75) is 12.5 Å². The number of hydrogen-bond acceptors (Lipinski definition) is 4. The Balaban J connectivity index is 2.13. The summed E-state index contributed by atoms with van der Waals surface area (Å²) in [5.41, 5.74) is 8.65. The van der Waals surface area contributed by atoms with E-state index in [1.165, 1.54) is 5.56 Å². The lowest BCUT2D eigenvalue weighted by molar-refractivity contribution is 0.202. The minimum atomic E-state index is -0.133. The molecule has 0 aliphatic heterocycles. The van der Waals surface area contributed by atoms with Gasteiger partial charge in [0.2, 0.25) is 0 Å². The molecule has 4 heteroatoms. The molecule has 1 heterocycles. The maximum absolute atomic E-state index is 6.29. The van der Waals surface area contributed by atoms with Gasteiger partial charge in [0, 0.05) is 7.11 Å². The van der Waals surface area contributed by atoms with E-state index in [2.05, 4.69) is 24.3 Å². The van der Waals surface area contributed by atoms with E-state index in [0.29, 0.717) is 0 Å². The van der Waals surface area contributed by atoms with Gasteiger partial charge in [-0.15, -0.1) is 11.3 Å². The molecule has 0 fully saturated rings. The first-order chi connectivity index (χ1) is 9.26. The first-order valence-corrected chi connectivity index (χ1v) is 7.09. The summed E-state index contributed by atoms with van der Waals surface area (Å²) in [6.07, 6.45) is 0.925.